The second-order valence-electron chi connectivity index (χ2n) is 4.40. The van der Waals surface area contributed by atoms with Gasteiger partial charge in [-0.05, 0) is 19.3 Å². The van der Waals surface area contributed by atoms with Crippen LogP contribution in [0.5, 0.6) is 0 Å². The van der Waals surface area contributed by atoms with Crippen LogP contribution in [0.15, 0.2) is 0 Å². The van der Waals surface area contributed by atoms with E-state index in [2.05, 4.69) is 19.2 Å². The minimum Gasteiger partial charge on any atom is -0.469 e. The van der Waals surface area contributed by atoms with Gasteiger partial charge in [-0.1, -0.05) is 20.3 Å². The van der Waals surface area contributed by atoms with Gasteiger partial charge < -0.3 is 10.1 Å². The summed E-state index contributed by atoms with van der Waals surface area (Å²) in [6.07, 6.45) is 4.24. The van der Waals surface area contributed by atoms with E-state index < -0.39 is 0 Å². The van der Waals surface area contributed by atoms with E-state index in [1.165, 1.54) is 13.5 Å². The third-order valence-corrected chi connectivity index (χ3v) is 2.78. The van der Waals surface area contributed by atoms with Crippen LogP contribution in [-0.4, -0.2) is 25.2 Å². The zero-order valence-electron chi connectivity index (χ0n) is 9.38. The second kappa shape index (κ2) is 5.35. The SMILES string of the molecule is COC(=O)[C@@H]1CCC[C@@H](NC(C)C)C1. The highest BCUT2D eigenvalue weighted by Gasteiger charge is 2.27. The van der Waals surface area contributed by atoms with Gasteiger partial charge in [0.25, 0.3) is 0 Å². The molecule has 1 saturated carbocycles. The highest BCUT2D eigenvalue weighted by Crippen LogP contribution is 2.25. The number of carbonyl (C=O) groups is 1. The van der Waals surface area contributed by atoms with E-state index >= 15 is 0 Å². The number of hydrogen-bond donors (Lipinski definition) is 1. The van der Waals surface area contributed by atoms with Gasteiger partial charge in [0.15, 0.2) is 0 Å². The molecule has 0 aromatic rings. The van der Waals surface area contributed by atoms with Crippen LogP contribution in [-0.2, 0) is 9.53 Å². The van der Waals surface area contributed by atoms with Gasteiger partial charge >= 0.3 is 5.97 Å². The lowest BCUT2D eigenvalue weighted by Gasteiger charge is -2.29. The molecule has 1 aliphatic carbocycles. The number of ether oxygens (including phenoxy) is 1. The average Bonchev–Trinajstić information content (AvgIpc) is 2.16. The first-order chi connectivity index (χ1) is 6.63. The van der Waals surface area contributed by atoms with Gasteiger partial charge in [0.05, 0.1) is 13.0 Å². The summed E-state index contributed by atoms with van der Waals surface area (Å²) in [6.45, 7) is 4.28. The molecule has 0 radical (unpaired) electrons. The molecule has 0 heterocycles. The standard InChI is InChI=1S/C11H21NO2/c1-8(2)12-10-6-4-5-9(7-10)11(13)14-3/h8-10,12H,4-7H2,1-3H3/t9-,10-/m1/s1. The Morgan fingerprint density at radius 1 is 1.43 bits per heavy atom. The summed E-state index contributed by atoms with van der Waals surface area (Å²) < 4.78 is 4.78. The fourth-order valence-corrected chi connectivity index (χ4v) is 2.19. The Hall–Kier alpha value is -0.570. The maximum Gasteiger partial charge on any atom is 0.308 e. The molecular formula is C11H21NO2. The fraction of sp³-hybridized carbons (Fsp3) is 0.909. The summed E-state index contributed by atoms with van der Waals surface area (Å²) in [7, 11) is 1.47. The van der Waals surface area contributed by atoms with Gasteiger partial charge in [0.1, 0.15) is 0 Å². The summed E-state index contributed by atoms with van der Waals surface area (Å²) in [5.41, 5.74) is 0. The zero-order chi connectivity index (χ0) is 10.6. The van der Waals surface area contributed by atoms with Crippen LogP contribution < -0.4 is 5.32 Å². The van der Waals surface area contributed by atoms with Gasteiger partial charge in [-0.25, -0.2) is 0 Å². The van der Waals surface area contributed by atoms with Crippen LogP contribution in [0.3, 0.4) is 0 Å². The van der Waals surface area contributed by atoms with Gasteiger partial charge in [-0.15, -0.1) is 0 Å². The Labute approximate surface area is 86.2 Å². The van der Waals surface area contributed by atoms with E-state index in [0.717, 1.165) is 19.3 Å². The van der Waals surface area contributed by atoms with Crippen molar-refractivity contribution in [1.29, 1.82) is 0 Å². The van der Waals surface area contributed by atoms with Crippen molar-refractivity contribution in [2.75, 3.05) is 7.11 Å². The first kappa shape index (κ1) is 11.5. The molecule has 3 heteroatoms. The molecule has 82 valence electrons. The van der Waals surface area contributed by atoms with Crippen molar-refractivity contribution in [3.8, 4) is 0 Å². The topological polar surface area (TPSA) is 38.3 Å². The van der Waals surface area contributed by atoms with Crippen molar-refractivity contribution in [3.63, 3.8) is 0 Å². The molecule has 0 amide bonds. The first-order valence-corrected chi connectivity index (χ1v) is 5.47. The average molecular weight is 199 g/mol. The minimum atomic E-state index is -0.0414. The van der Waals surface area contributed by atoms with Crippen molar-refractivity contribution < 1.29 is 9.53 Å². The summed E-state index contributed by atoms with van der Waals surface area (Å²) in [4.78, 5) is 11.3. The van der Waals surface area contributed by atoms with Crippen LogP contribution in [0.25, 0.3) is 0 Å². The van der Waals surface area contributed by atoms with Crippen molar-refractivity contribution in [1.82, 2.24) is 5.32 Å². The third-order valence-electron chi connectivity index (χ3n) is 2.78. The lowest BCUT2D eigenvalue weighted by Crippen LogP contribution is -2.40. The smallest absolute Gasteiger partial charge is 0.308 e. The van der Waals surface area contributed by atoms with E-state index in [-0.39, 0.29) is 11.9 Å². The number of carbonyl (C=O) groups excluding carboxylic acids is 1. The Kier molecular flexibility index (Phi) is 4.39. The molecule has 0 unspecified atom stereocenters. The van der Waals surface area contributed by atoms with Crippen LogP contribution in [0.2, 0.25) is 0 Å². The van der Waals surface area contributed by atoms with Gasteiger partial charge in [-0.3, -0.25) is 4.79 Å². The summed E-state index contributed by atoms with van der Waals surface area (Å²) in [5.74, 6) is 0.0743. The number of methoxy groups -OCH3 is 1. The van der Waals surface area contributed by atoms with E-state index in [1.54, 1.807) is 0 Å². The Balaban J connectivity index is 2.39. The molecule has 0 bridgehead atoms. The van der Waals surface area contributed by atoms with Crippen molar-refractivity contribution in [2.45, 2.75) is 51.6 Å². The number of rotatable bonds is 3. The normalized spacial score (nSPS) is 27.7. The second-order valence-corrected chi connectivity index (χ2v) is 4.40. The zero-order valence-corrected chi connectivity index (χ0v) is 9.38. The number of nitrogens with one attached hydrogen (secondary N) is 1. The summed E-state index contributed by atoms with van der Waals surface area (Å²) in [5, 5.41) is 3.48. The molecule has 0 spiro atoms. The Morgan fingerprint density at radius 2 is 2.14 bits per heavy atom. The molecule has 1 N–H and O–H groups in total. The minimum absolute atomic E-state index is 0.0414. The van der Waals surface area contributed by atoms with E-state index in [1.807, 2.05) is 0 Å². The molecule has 1 rings (SSSR count). The summed E-state index contributed by atoms with van der Waals surface area (Å²) in [6, 6.07) is 0.990. The largest absolute Gasteiger partial charge is 0.469 e. The number of esters is 1. The van der Waals surface area contributed by atoms with Crippen LogP contribution in [0.4, 0.5) is 0 Å². The molecule has 0 aliphatic heterocycles. The first-order valence-electron chi connectivity index (χ1n) is 5.47. The fourth-order valence-electron chi connectivity index (χ4n) is 2.19. The van der Waals surface area contributed by atoms with Gasteiger partial charge in [0, 0.05) is 12.1 Å². The molecule has 3 nitrogen and oxygen atoms in total. The maximum atomic E-state index is 11.3. The lowest BCUT2D eigenvalue weighted by molar-refractivity contribution is -0.146. The Morgan fingerprint density at radius 3 is 2.71 bits per heavy atom. The molecule has 0 aromatic carbocycles. The predicted octanol–water partition coefficient (Wildman–Crippen LogP) is 1.72. The lowest BCUT2D eigenvalue weighted by atomic mass is 9.85. The summed E-state index contributed by atoms with van der Waals surface area (Å²) >= 11 is 0. The van der Waals surface area contributed by atoms with Crippen LogP contribution in [0.1, 0.15) is 39.5 Å². The van der Waals surface area contributed by atoms with Crippen molar-refractivity contribution >= 4 is 5.97 Å². The highest BCUT2D eigenvalue weighted by molar-refractivity contribution is 5.72. The van der Waals surface area contributed by atoms with E-state index in [4.69, 9.17) is 4.74 Å². The van der Waals surface area contributed by atoms with Gasteiger partial charge in [-0.2, -0.15) is 0 Å². The monoisotopic (exact) mass is 199 g/mol. The van der Waals surface area contributed by atoms with Crippen molar-refractivity contribution in [2.24, 2.45) is 5.92 Å². The van der Waals surface area contributed by atoms with E-state index in [0.29, 0.717) is 12.1 Å². The molecule has 1 fully saturated rings. The number of hydrogen-bond acceptors (Lipinski definition) is 3. The Bertz CT molecular complexity index is 192. The van der Waals surface area contributed by atoms with Gasteiger partial charge in [0.2, 0.25) is 0 Å². The van der Waals surface area contributed by atoms with E-state index in [9.17, 15) is 4.79 Å². The molecule has 1 aliphatic rings. The molecule has 14 heavy (non-hydrogen) atoms. The van der Waals surface area contributed by atoms with Crippen LogP contribution >= 0.6 is 0 Å². The quantitative estimate of drug-likeness (QED) is 0.703. The highest BCUT2D eigenvalue weighted by atomic mass is 16.5. The molecular weight excluding hydrogens is 178 g/mol. The predicted molar refractivity (Wildman–Crippen MR) is 56.0 cm³/mol. The van der Waals surface area contributed by atoms with Crippen molar-refractivity contribution in [3.05, 3.63) is 0 Å². The molecule has 0 aromatic heterocycles. The maximum absolute atomic E-state index is 11.3. The van der Waals surface area contributed by atoms with Crippen LogP contribution in [0, 0.1) is 5.92 Å². The molecule has 0 saturated heterocycles. The molecule has 2 atom stereocenters. The third kappa shape index (κ3) is 3.29.